The fourth-order valence-corrected chi connectivity index (χ4v) is 5.93. The summed E-state index contributed by atoms with van der Waals surface area (Å²) < 4.78 is 1.14. The minimum absolute atomic E-state index is 0.662. The Kier molecular flexibility index (Phi) is 3.30. The van der Waals surface area contributed by atoms with Crippen molar-refractivity contribution in [2.75, 3.05) is 5.32 Å². The predicted molar refractivity (Wildman–Crippen MR) is 88.3 cm³/mol. The highest BCUT2D eigenvalue weighted by molar-refractivity contribution is 9.10. The molecule has 1 aromatic rings. The molecule has 1 N–H and O–H groups in total. The first-order valence-electron chi connectivity index (χ1n) is 7.85. The number of hydrogen-bond acceptors (Lipinski definition) is 1. The number of nitrogens with one attached hydrogen (secondary N) is 1. The normalized spacial score (nSPS) is 38.2. The monoisotopic (exact) mass is 353 g/mol. The van der Waals surface area contributed by atoms with E-state index in [1.165, 1.54) is 37.8 Å². The van der Waals surface area contributed by atoms with Crippen molar-refractivity contribution in [2.24, 2.45) is 23.7 Å². The maximum atomic E-state index is 6.28. The van der Waals surface area contributed by atoms with Crippen LogP contribution in [-0.2, 0) is 0 Å². The fourth-order valence-electron chi connectivity index (χ4n) is 5.19. The first-order chi connectivity index (χ1) is 9.63. The number of aryl methyl sites for hydroxylation is 1. The van der Waals surface area contributed by atoms with Crippen molar-refractivity contribution in [2.45, 2.75) is 45.1 Å². The van der Waals surface area contributed by atoms with Crippen molar-refractivity contribution < 1.29 is 0 Å². The van der Waals surface area contributed by atoms with E-state index >= 15 is 0 Å². The molecule has 108 valence electrons. The van der Waals surface area contributed by atoms with E-state index in [9.17, 15) is 0 Å². The van der Waals surface area contributed by atoms with E-state index in [0.717, 1.165) is 38.7 Å². The summed E-state index contributed by atoms with van der Waals surface area (Å²) in [6, 6.07) is 4.87. The minimum atomic E-state index is 0.662. The third-order valence-corrected chi connectivity index (χ3v) is 7.08. The average molecular weight is 355 g/mol. The van der Waals surface area contributed by atoms with Crippen LogP contribution in [0.15, 0.2) is 16.6 Å². The van der Waals surface area contributed by atoms with Crippen LogP contribution < -0.4 is 5.32 Å². The summed E-state index contributed by atoms with van der Waals surface area (Å²) in [4.78, 5) is 0. The smallest absolute Gasteiger partial charge is 0.0502 e. The Morgan fingerprint density at radius 3 is 2.80 bits per heavy atom. The molecular formula is C17H21BrClN. The highest BCUT2D eigenvalue weighted by Crippen LogP contribution is 2.59. The van der Waals surface area contributed by atoms with E-state index in [0.29, 0.717) is 6.04 Å². The summed E-state index contributed by atoms with van der Waals surface area (Å²) in [5, 5.41) is 4.65. The standard InChI is InChI=1S/C17H21BrClN/c1-9-5-14(18)17(8-15(9)19)20-16-7-10-6-13(16)12-4-2-3-11(10)12/h5,8,10-13,16,20H,2-4,6-7H2,1H3. The molecule has 5 atom stereocenters. The lowest BCUT2D eigenvalue weighted by Crippen LogP contribution is -2.34. The number of anilines is 1. The summed E-state index contributed by atoms with van der Waals surface area (Å²) in [5.41, 5.74) is 2.31. The largest absolute Gasteiger partial charge is 0.381 e. The first kappa shape index (κ1) is 13.5. The van der Waals surface area contributed by atoms with E-state index in [1.54, 1.807) is 0 Å². The van der Waals surface area contributed by atoms with Crippen molar-refractivity contribution in [1.82, 2.24) is 0 Å². The lowest BCUT2D eigenvalue weighted by atomic mass is 9.79. The van der Waals surface area contributed by atoms with E-state index in [2.05, 4.69) is 40.3 Å². The van der Waals surface area contributed by atoms with Gasteiger partial charge in [0.05, 0.1) is 5.69 Å². The van der Waals surface area contributed by atoms with Crippen molar-refractivity contribution in [3.8, 4) is 0 Å². The van der Waals surface area contributed by atoms with Crippen molar-refractivity contribution in [1.29, 1.82) is 0 Å². The van der Waals surface area contributed by atoms with Crippen LogP contribution in [0.2, 0.25) is 5.02 Å². The quantitative estimate of drug-likeness (QED) is 0.724. The zero-order valence-electron chi connectivity index (χ0n) is 11.8. The van der Waals surface area contributed by atoms with Gasteiger partial charge in [0.2, 0.25) is 0 Å². The average Bonchev–Trinajstić information content (AvgIpc) is 3.07. The Morgan fingerprint density at radius 1 is 1.15 bits per heavy atom. The van der Waals surface area contributed by atoms with Gasteiger partial charge in [-0.3, -0.25) is 0 Å². The van der Waals surface area contributed by atoms with Crippen LogP contribution in [0.1, 0.15) is 37.7 Å². The topological polar surface area (TPSA) is 12.0 Å². The second kappa shape index (κ2) is 4.91. The Balaban J connectivity index is 1.55. The van der Waals surface area contributed by atoms with Crippen LogP contribution in [0.5, 0.6) is 0 Å². The van der Waals surface area contributed by atoms with Crippen molar-refractivity contribution >= 4 is 33.2 Å². The molecule has 0 saturated heterocycles. The zero-order chi connectivity index (χ0) is 13.9. The molecule has 0 radical (unpaired) electrons. The van der Waals surface area contributed by atoms with E-state index in [-0.39, 0.29) is 0 Å². The highest BCUT2D eigenvalue weighted by atomic mass is 79.9. The summed E-state index contributed by atoms with van der Waals surface area (Å²) in [6.45, 7) is 2.05. The van der Waals surface area contributed by atoms with Gasteiger partial charge in [-0.1, -0.05) is 18.0 Å². The number of hydrogen-bond donors (Lipinski definition) is 1. The van der Waals surface area contributed by atoms with Gasteiger partial charge in [0.1, 0.15) is 0 Å². The molecule has 3 saturated carbocycles. The van der Waals surface area contributed by atoms with E-state index in [4.69, 9.17) is 11.6 Å². The van der Waals surface area contributed by atoms with E-state index < -0.39 is 0 Å². The molecule has 0 aliphatic heterocycles. The number of benzene rings is 1. The molecule has 3 aliphatic rings. The van der Waals surface area contributed by atoms with E-state index in [1.807, 2.05) is 0 Å². The third-order valence-electron chi connectivity index (χ3n) is 6.02. The van der Waals surface area contributed by atoms with Crippen LogP contribution in [0.25, 0.3) is 0 Å². The van der Waals surface area contributed by atoms with Gasteiger partial charge >= 0.3 is 0 Å². The minimum Gasteiger partial charge on any atom is -0.381 e. The number of fused-ring (bicyclic) bond motifs is 5. The second-order valence-electron chi connectivity index (χ2n) is 6.99. The Labute approximate surface area is 134 Å². The number of rotatable bonds is 2. The third kappa shape index (κ3) is 2.02. The van der Waals surface area contributed by atoms with Gasteiger partial charge in [0, 0.05) is 15.5 Å². The molecule has 3 heteroatoms. The Bertz CT molecular complexity index is 544. The van der Waals surface area contributed by atoms with Gasteiger partial charge in [-0.05, 0) is 89.9 Å². The van der Waals surface area contributed by atoms with Crippen LogP contribution in [0.4, 0.5) is 5.69 Å². The predicted octanol–water partition coefficient (Wildman–Crippen LogP) is 5.65. The first-order valence-corrected chi connectivity index (χ1v) is 9.03. The van der Waals surface area contributed by atoms with Gasteiger partial charge in [0.25, 0.3) is 0 Å². The maximum Gasteiger partial charge on any atom is 0.0502 e. The van der Waals surface area contributed by atoms with Gasteiger partial charge in [-0.25, -0.2) is 0 Å². The second-order valence-corrected chi connectivity index (χ2v) is 8.25. The van der Waals surface area contributed by atoms with Crippen LogP contribution in [0.3, 0.4) is 0 Å². The van der Waals surface area contributed by atoms with Gasteiger partial charge in [-0.2, -0.15) is 0 Å². The summed E-state index contributed by atoms with van der Waals surface area (Å²) in [6.07, 6.45) is 7.27. The molecule has 1 nitrogen and oxygen atoms in total. The Hall–Kier alpha value is -0.210. The summed E-state index contributed by atoms with van der Waals surface area (Å²) >= 11 is 9.96. The molecule has 4 rings (SSSR count). The van der Waals surface area contributed by atoms with Crippen LogP contribution in [0, 0.1) is 30.6 Å². The fraction of sp³-hybridized carbons (Fsp3) is 0.647. The molecule has 0 heterocycles. The molecule has 0 spiro atoms. The van der Waals surface area contributed by atoms with Gasteiger partial charge in [-0.15, -0.1) is 0 Å². The highest BCUT2D eigenvalue weighted by Gasteiger charge is 2.53. The maximum absolute atomic E-state index is 6.28. The lowest BCUT2D eigenvalue weighted by Gasteiger charge is -2.33. The molecule has 3 fully saturated rings. The summed E-state index contributed by atoms with van der Waals surface area (Å²) in [7, 11) is 0. The zero-order valence-corrected chi connectivity index (χ0v) is 14.2. The molecule has 2 bridgehead atoms. The lowest BCUT2D eigenvalue weighted by molar-refractivity contribution is 0.243. The molecule has 3 aliphatic carbocycles. The van der Waals surface area contributed by atoms with Crippen LogP contribution >= 0.6 is 27.5 Å². The molecule has 1 aromatic carbocycles. The SMILES string of the molecule is Cc1cc(Br)c(NC2CC3CC2C2CCCC32)cc1Cl. The van der Waals surface area contributed by atoms with Crippen molar-refractivity contribution in [3.05, 3.63) is 27.2 Å². The van der Waals surface area contributed by atoms with Crippen molar-refractivity contribution in [3.63, 3.8) is 0 Å². The Morgan fingerprint density at radius 2 is 1.95 bits per heavy atom. The molecular weight excluding hydrogens is 334 g/mol. The van der Waals surface area contributed by atoms with Gasteiger partial charge < -0.3 is 5.32 Å². The van der Waals surface area contributed by atoms with Crippen LogP contribution in [-0.4, -0.2) is 6.04 Å². The van der Waals surface area contributed by atoms with Gasteiger partial charge in [0.15, 0.2) is 0 Å². The number of halogens is 2. The molecule has 20 heavy (non-hydrogen) atoms. The molecule has 0 aromatic heterocycles. The molecule has 0 amide bonds. The summed E-state index contributed by atoms with van der Waals surface area (Å²) in [5.74, 6) is 3.96. The molecule has 5 unspecified atom stereocenters.